The molecule has 0 fully saturated rings. The molecule has 0 radical (unpaired) electrons. The molecule has 5 nitrogen and oxygen atoms in total. The molecule has 0 aliphatic rings. The van der Waals surface area contributed by atoms with Gasteiger partial charge in [-0.25, -0.2) is 0 Å². The van der Waals surface area contributed by atoms with Crippen LogP contribution in [0.25, 0.3) is 0 Å². The van der Waals surface area contributed by atoms with Crippen LogP contribution in [0.15, 0.2) is 18.2 Å². The number of nitro groups is 1. The number of hydrogen-bond acceptors (Lipinski definition) is 4. The van der Waals surface area contributed by atoms with Gasteiger partial charge in [-0.05, 0) is 20.2 Å². The Bertz CT molecular complexity index is 382. The van der Waals surface area contributed by atoms with Crippen LogP contribution in [-0.4, -0.2) is 37.0 Å². The van der Waals surface area contributed by atoms with Crippen molar-refractivity contribution < 1.29 is 4.92 Å². The van der Waals surface area contributed by atoms with Crippen molar-refractivity contribution in [3.05, 3.63) is 33.3 Å². The third-order valence-electron chi connectivity index (χ3n) is 2.05. The maximum Gasteiger partial charge on any atom is 0.293 e. The molecule has 1 N–H and O–H groups in total. The summed E-state index contributed by atoms with van der Waals surface area (Å²) in [5.74, 6) is 0. The number of benzene rings is 1. The fraction of sp³-hybridized carbons (Fsp3) is 0.400. The van der Waals surface area contributed by atoms with E-state index in [9.17, 15) is 10.1 Å². The summed E-state index contributed by atoms with van der Waals surface area (Å²) in [6, 6.07) is 4.63. The van der Waals surface area contributed by atoms with Gasteiger partial charge in [0.05, 0.1) is 9.95 Å². The summed E-state index contributed by atoms with van der Waals surface area (Å²) in [5, 5.41) is 14.1. The molecule has 0 heterocycles. The Kier molecular flexibility index (Phi) is 4.52. The quantitative estimate of drug-likeness (QED) is 0.636. The molecular formula is C10H14ClN3O2. The van der Waals surface area contributed by atoms with Gasteiger partial charge in [0.2, 0.25) is 0 Å². The Morgan fingerprint density at radius 2 is 2.19 bits per heavy atom. The summed E-state index contributed by atoms with van der Waals surface area (Å²) in [6.45, 7) is 1.39. The number of hydrogen-bond donors (Lipinski definition) is 1. The average molecular weight is 244 g/mol. The summed E-state index contributed by atoms with van der Waals surface area (Å²) in [7, 11) is 3.87. The Morgan fingerprint density at radius 3 is 2.75 bits per heavy atom. The summed E-state index contributed by atoms with van der Waals surface area (Å²) in [4.78, 5) is 12.3. The second-order valence-corrected chi connectivity index (χ2v) is 4.03. The molecule has 0 aliphatic carbocycles. The zero-order valence-electron chi connectivity index (χ0n) is 9.24. The monoisotopic (exact) mass is 243 g/mol. The van der Waals surface area contributed by atoms with Crippen LogP contribution in [0.3, 0.4) is 0 Å². The molecule has 0 saturated heterocycles. The first kappa shape index (κ1) is 12.7. The van der Waals surface area contributed by atoms with Gasteiger partial charge in [-0.3, -0.25) is 10.1 Å². The van der Waals surface area contributed by atoms with E-state index in [0.29, 0.717) is 17.3 Å². The Hall–Kier alpha value is -1.33. The first-order valence-electron chi connectivity index (χ1n) is 4.84. The average Bonchev–Trinajstić information content (AvgIpc) is 2.19. The third-order valence-corrected chi connectivity index (χ3v) is 2.36. The second-order valence-electron chi connectivity index (χ2n) is 3.62. The van der Waals surface area contributed by atoms with Crippen LogP contribution in [0.5, 0.6) is 0 Å². The molecule has 1 aromatic rings. The van der Waals surface area contributed by atoms with Gasteiger partial charge in [-0.15, -0.1) is 0 Å². The second kappa shape index (κ2) is 5.67. The lowest BCUT2D eigenvalue weighted by Crippen LogP contribution is -2.21. The van der Waals surface area contributed by atoms with Crippen molar-refractivity contribution in [1.82, 2.24) is 4.90 Å². The van der Waals surface area contributed by atoms with Gasteiger partial charge >= 0.3 is 0 Å². The molecule has 16 heavy (non-hydrogen) atoms. The zero-order chi connectivity index (χ0) is 12.1. The molecule has 0 unspecified atom stereocenters. The van der Waals surface area contributed by atoms with Crippen molar-refractivity contribution in [2.24, 2.45) is 0 Å². The number of nitro benzene ring substituents is 1. The van der Waals surface area contributed by atoms with Gasteiger partial charge in [-0.2, -0.15) is 0 Å². The predicted octanol–water partition coefficient (Wildman–Crippen LogP) is 2.22. The highest BCUT2D eigenvalue weighted by Crippen LogP contribution is 2.31. The molecule has 0 aliphatic heterocycles. The number of likely N-dealkylation sites (N-methyl/N-ethyl adjacent to an activating group) is 1. The van der Waals surface area contributed by atoms with E-state index >= 15 is 0 Å². The van der Waals surface area contributed by atoms with Crippen LogP contribution < -0.4 is 5.32 Å². The van der Waals surface area contributed by atoms with E-state index in [2.05, 4.69) is 5.32 Å². The topological polar surface area (TPSA) is 58.4 Å². The standard InChI is InChI=1S/C10H14ClN3O2/c1-13(2)7-6-12-10-8(11)4-3-5-9(10)14(15)16/h3-5,12H,6-7H2,1-2H3. The molecule has 6 heteroatoms. The summed E-state index contributed by atoms with van der Waals surface area (Å²) >= 11 is 5.91. The van der Waals surface area contributed by atoms with Gasteiger partial charge in [0.25, 0.3) is 5.69 Å². The molecule has 88 valence electrons. The molecule has 0 bridgehead atoms. The highest BCUT2D eigenvalue weighted by atomic mass is 35.5. The van der Waals surface area contributed by atoms with E-state index in [1.54, 1.807) is 12.1 Å². The summed E-state index contributed by atoms with van der Waals surface area (Å²) < 4.78 is 0. The van der Waals surface area contributed by atoms with E-state index in [1.165, 1.54) is 6.07 Å². The SMILES string of the molecule is CN(C)CCNc1c(Cl)cccc1[N+](=O)[O-]. The van der Waals surface area contributed by atoms with Crippen LogP contribution in [0.1, 0.15) is 0 Å². The number of nitrogens with zero attached hydrogens (tertiary/aromatic N) is 2. The molecule has 0 aromatic heterocycles. The van der Waals surface area contributed by atoms with E-state index in [-0.39, 0.29) is 5.69 Å². The zero-order valence-corrected chi connectivity index (χ0v) is 9.99. The fourth-order valence-electron chi connectivity index (χ4n) is 1.24. The van der Waals surface area contributed by atoms with Gasteiger partial charge in [0.15, 0.2) is 0 Å². The first-order valence-corrected chi connectivity index (χ1v) is 5.21. The number of anilines is 1. The first-order chi connectivity index (χ1) is 7.52. The number of rotatable bonds is 5. The van der Waals surface area contributed by atoms with Crippen molar-refractivity contribution in [3.8, 4) is 0 Å². The van der Waals surface area contributed by atoms with Gasteiger partial charge in [0, 0.05) is 19.2 Å². The molecule has 0 amide bonds. The lowest BCUT2D eigenvalue weighted by atomic mass is 10.2. The van der Waals surface area contributed by atoms with Crippen molar-refractivity contribution in [1.29, 1.82) is 0 Å². The van der Waals surface area contributed by atoms with E-state index in [1.807, 2.05) is 19.0 Å². The number of nitrogens with one attached hydrogen (secondary N) is 1. The molecule has 0 atom stereocenters. The van der Waals surface area contributed by atoms with Gasteiger partial charge in [0.1, 0.15) is 5.69 Å². The summed E-state index contributed by atoms with van der Waals surface area (Å²) in [6.07, 6.45) is 0. The van der Waals surface area contributed by atoms with Crippen molar-refractivity contribution in [3.63, 3.8) is 0 Å². The minimum absolute atomic E-state index is 0.00579. The smallest absolute Gasteiger partial charge is 0.293 e. The minimum Gasteiger partial charge on any atom is -0.377 e. The summed E-state index contributed by atoms with van der Waals surface area (Å²) in [5.41, 5.74) is 0.391. The number of para-hydroxylation sites is 1. The van der Waals surface area contributed by atoms with Crippen molar-refractivity contribution in [2.75, 3.05) is 32.5 Å². The molecule has 1 aromatic carbocycles. The maximum absolute atomic E-state index is 10.8. The molecular weight excluding hydrogens is 230 g/mol. The Labute approximate surface area is 99.2 Å². The highest BCUT2D eigenvalue weighted by molar-refractivity contribution is 6.33. The largest absolute Gasteiger partial charge is 0.377 e. The predicted molar refractivity (Wildman–Crippen MR) is 65.2 cm³/mol. The van der Waals surface area contributed by atoms with Crippen LogP contribution in [0.2, 0.25) is 5.02 Å². The third kappa shape index (κ3) is 3.36. The van der Waals surface area contributed by atoms with Crippen LogP contribution in [0, 0.1) is 10.1 Å². The van der Waals surface area contributed by atoms with Crippen LogP contribution in [-0.2, 0) is 0 Å². The number of halogens is 1. The van der Waals surface area contributed by atoms with Gasteiger partial charge in [-0.1, -0.05) is 17.7 Å². The van der Waals surface area contributed by atoms with Crippen molar-refractivity contribution in [2.45, 2.75) is 0 Å². The van der Waals surface area contributed by atoms with Gasteiger partial charge < -0.3 is 10.2 Å². The Balaban J connectivity index is 2.80. The lowest BCUT2D eigenvalue weighted by Gasteiger charge is -2.12. The molecule has 0 saturated carbocycles. The normalized spacial score (nSPS) is 10.5. The van der Waals surface area contributed by atoms with Crippen molar-refractivity contribution >= 4 is 23.0 Å². The van der Waals surface area contributed by atoms with Crippen LogP contribution >= 0.6 is 11.6 Å². The molecule has 1 rings (SSSR count). The molecule has 0 spiro atoms. The fourth-order valence-corrected chi connectivity index (χ4v) is 1.48. The van der Waals surface area contributed by atoms with E-state index < -0.39 is 4.92 Å². The van der Waals surface area contributed by atoms with Crippen LogP contribution in [0.4, 0.5) is 11.4 Å². The lowest BCUT2D eigenvalue weighted by molar-refractivity contribution is -0.383. The highest BCUT2D eigenvalue weighted by Gasteiger charge is 2.15. The minimum atomic E-state index is -0.441. The van der Waals surface area contributed by atoms with E-state index in [4.69, 9.17) is 11.6 Å². The maximum atomic E-state index is 10.8. The Morgan fingerprint density at radius 1 is 1.50 bits per heavy atom. The van der Waals surface area contributed by atoms with E-state index in [0.717, 1.165) is 6.54 Å².